The van der Waals surface area contributed by atoms with Gasteiger partial charge in [0.25, 0.3) is 0 Å². The van der Waals surface area contributed by atoms with E-state index in [1.54, 1.807) is 6.07 Å². The highest BCUT2D eigenvalue weighted by atomic mass is 16.3. The normalized spacial score (nSPS) is 17.5. The Morgan fingerprint density at radius 1 is 1.14 bits per heavy atom. The van der Waals surface area contributed by atoms with Crippen molar-refractivity contribution in [2.24, 2.45) is 0 Å². The number of piperazine rings is 1. The van der Waals surface area contributed by atoms with Gasteiger partial charge in [0.2, 0.25) is 0 Å². The number of rotatable bonds is 3. The number of benzene rings is 2. The predicted octanol–water partition coefficient (Wildman–Crippen LogP) is 2.41. The molecule has 2 aromatic carbocycles. The number of phenolic OH excluding ortho intramolecular Hbond substituents is 1. The summed E-state index contributed by atoms with van der Waals surface area (Å²) < 4.78 is 0. The number of hydrogen-bond donors (Lipinski definition) is 2. The maximum Gasteiger partial charge on any atom is 0.123 e. The molecule has 1 saturated heterocycles. The summed E-state index contributed by atoms with van der Waals surface area (Å²) in [5, 5.41) is 24.5. The van der Waals surface area contributed by atoms with Crippen molar-refractivity contribution in [2.45, 2.75) is 12.5 Å². The summed E-state index contributed by atoms with van der Waals surface area (Å²) in [5.41, 5.74) is 1.13. The van der Waals surface area contributed by atoms with Gasteiger partial charge in [-0.3, -0.25) is 4.90 Å². The minimum atomic E-state index is 0.0857. The number of phenols is 1. The van der Waals surface area contributed by atoms with E-state index >= 15 is 0 Å². The molecule has 1 heterocycles. The molecular weight excluding hydrogens is 262 g/mol. The first kappa shape index (κ1) is 13.9. The van der Waals surface area contributed by atoms with Gasteiger partial charge in [-0.05, 0) is 17.0 Å². The van der Waals surface area contributed by atoms with Gasteiger partial charge in [0.15, 0.2) is 0 Å². The minimum absolute atomic E-state index is 0.0857. The highest BCUT2D eigenvalue weighted by Gasteiger charge is 2.23. The number of nitrogens with zero attached hydrogens (tertiary/aromatic N) is 2. The Morgan fingerprint density at radius 2 is 1.86 bits per heavy atom. The fourth-order valence-electron chi connectivity index (χ4n) is 3.11. The van der Waals surface area contributed by atoms with E-state index in [9.17, 15) is 10.4 Å². The van der Waals surface area contributed by atoms with Crippen LogP contribution in [0.15, 0.2) is 36.4 Å². The molecule has 4 nitrogen and oxygen atoms in total. The summed E-state index contributed by atoms with van der Waals surface area (Å²) >= 11 is 0. The molecule has 0 radical (unpaired) electrons. The molecule has 1 atom stereocenters. The lowest BCUT2D eigenvalue weighted by Gasteiger charge is -2.34. The highest BCUT2D eigenvalue weighted by molar-refractivity contribution is 5.91. The molecule has 0 unspecified atom stereocenters. The van der Waals surface area contributed by atoms with E-state index in [-0.39, 0.29) is 6.04 Å². The predicted molar refractivity (Wildman–Crippen MR) is 83.0 cm³/mol. The maximum absolute atomic E-state index is 10.0. The molecule has 1 fully saturated rings. The Bertz CT molecular complexity index is 671. The van der Waals surface area contributed by atoms with E-state index in [1.165, 1.54) is 0 Å². The smallest absolute Gasteiger partial charge is 0.123 e. The first-order valence-corrected chi connectivity index (χ1v) is 7.33. The van der Waals surface area contributed by atoms with Crippen LogP contribution in [0.1, 0.15) is 18.0 Å². The third kappa shape index (κ3) is 2.71. The molecule has 4 heteroatoms. The third-order valence-electron chi connectivity index (χ3n) is 4.17. The average Bonchev–Trinajstić information content (AvgIpc) is 2.55. The van der Waals surface area contributed by atoms with Crippen LogP contribution in [0.4, 0.5) is 0 Å². The fourth-order valence-corrected chi connectivity index (χ4v) is 3.11. The molecular formula is C17H19N3O. The second-order valence-electron chi connectivity index (χ2n) is 5.38. The number of hydrogen-bond acceptors (Lipinski definition) is 4. The quantitative estimate of drug-likeness (QED) is 0.907. The van der Waals surface area contributed by atoms with Crippen LogP contribution in [0.5, 0.6) is 5.75 Å². The third-order valence-corrected chi connectivity index (χ3v) is 4.17. The van der Waals surface area contributed by atoms with E-state index in [1.807, 2.05) is 30.3 Å². The first-order chi connectivity index (χ1) is 10.3. The van der Waals surface area contributed by atoms with Crippen molar-refractivity contribution in [3.63, 3.8) is 0 Å². The molecule has 0 bridgehead atoms. The molecule has 0 spiro atoms. The molecule has 3 rings (SSSR count). The van der Waals surface area contributed by atoms with Crippen LogP contribution < -0.4 is 5.32 Å². The number of nitrogens with one attached hydrogen (secondary N) is 1. The summed E-state index contributed by atoms with van der Waals surface area (Å²) in [6.07, 6.45) is 0.467. The second-order valence-corrected chi connectivity index (χ2v) is 5.38. The zero-order valence-corrected chi connectivity index (χ0v) is 11.9. The SMILES string of the molecule is N#CC[C@H](c1ccc(O)c2ccccc12)N1CCNCC1. The number of aromatic hydroxyl groups is 1. The van der Waals surface area contributed by atoms with E-state index in [2.05, 4.69) is 16.3 Å². The van der Waals surface area contributed by atoms with Gasteiger partial charge >= 0.3 is 0 Å². The zero-order chi connectivity index (χ0) is 14.7. The van der Waals surface area contributed by atoms with Crippen molar-refractivity contribution in [1.82, 2.24) is 10.2 Å². The second kappa shape index (κ2) is 6.13. The zero-order valence-electron chi connectivity index (χ0n) is 11.9. The van der Waals surface area contributed by atoms with Gasteiger partial charge in [-0.1, -0.05) is 30.3 Å². The Hall–Kier alpha value is -2.09. The van der Waals surface area contributed by atoms with Crippen LogP contribution >= 0.6 is 0 Å². The summed E-state index contributed by atoms with van der Waals surface area (Å²) in [5.74, 6) is 0.297. The molecule has 0 amide bonds. The van der Waals surface area contributed by atoms with Gasteiger partial charge in [0.05, 0.1) is 12.5 Å². The van der Waals surface area contributed by atoms with Gasteiger partial charge in [-0.15, -0.1) is 0 Å². The Labute approximate surface area is 124 Å². The summed E-state index contributed by atoms with van der Waals surface area (Å²) in [6.45, 7) is 3.80. The highest BCUT2D eigenvalue weighted by Crippen LogP contribution is 2.34. The summed E-state index contributed by atoms with van der Waals surface area (Å²) in [4.78, 5) is 2.36. The topological polar surface area (TPSA) is 59.3 Å². The Balaban J connectivity index is 2.07. The Kier molecular flexibility index (Phi) is 4.05. The van der Waals surface area contributed by atoms with Crippen LogP contribution in [0.3, 0.4) is 0 Å². The van der Waals surface area contributed by atoms with Gasteiger partial charge in [-0.25, -0.2) is 0 Å². The summed E-state index contributed by atoms with van der Waals surface area (Å²) in [7, 11) is 0. The van der Waals surface area contributed by atoms with Crippen molar-refractivity contribution in [2.75, 3.05) is 26.2 Å². The van der Waals surface area contributed by atoms with Crippen molar-refractivity contribution in [1.29, 1.82) is 5.26 Å². The lowest BCUT2D eigenvalue weighted by atomic mass is 9.95. The maximum atomic E-state index is 10.0. The molecule has 0 aromatic heterocycles. The monoisotopic (exact) mass is 281 g/mol. The van der Waals surface area contributed by atoms with Crippen LogP contribution in [-0.4, -0.2) is 36.2 Å². The van der Waals surface area contributed by atoms with Crippen LogP contribution in [0.25, 0.3) is 10.8 Å². The van der Waals surface area contributed by atoms with Crippen molar-refractivity contribution in [3.05, 3.63) is 42.0 Å². The van der Waals surface area contributed by atoms with Crippen molar-refractivity contribution in [3.8, 4) is 11.8 Å². The van der Waals surface area contributed by atoms with Gasteiger partial charge < -0.3 is 10.4 Å². The van der Waals surface area contributed by atoms with E-state index in [4.69, 9.17) is 0 Å². The van der Waals surface area contributed by atoms with Crippen molar-refractivity contribution >= 4 is 10.8 Å². The van der Waals surface area contributed by atoms with E-state index in [0.717, 1.165) is 42.5 Å². The molecule has 1 aliphatic heterocycles. The molecule has 1 aliphatic rings. The van der Waals surface area contributed by atoms with Crippen molar-refractivity contribution < 1.29 is 5.11 Å². The average molecular weight is 281 g/mol. The van der Waals surface area contributed by atoms with Crippen LogP contribution in [0.2, 0.25) is 0 Å². The molecule has 21 heavy (non-hydrogen) atoms. The molecule has 0 saturated carbocycles. The molecule has 2 aromatic rings. The van der Waals surface area contributed by atoms with Gasteiger partial charge in [0.1, 0.15) is 5.75 Å². The molecule has 0 aliphatic carbocycles. The fraction of sp³-hybridized carbons (Fsp3) is 0.353. The van der Waals surface area contributed by atoms with E-state index in [0.29, 0.717) is 12.2 Å². The lowest BCUT2D eigenvalue weighted by molar-refractivity contribution is 0.176. The van der Waals surface area contributed by atoms with Gasteiger partial charge in [0, 0.05) is 37.6 Å². The summed E-state index contributed by atoms with van der Waals surface area (Å²) in [6, 6.07) is 14.0. The largest absolute Gasteiger partial charge is 0.507 e. The van der Waals surface area contributed by atoms with Crippen LogP contribution in [0, 0.1) is 11.3 Å². The lowest BCUT2D eigenvalue weighted by Crippen LogP contribution is -2.45. The molecule has 2 N–H and O–H groups in total. The molecule has 108 valence electrons. The van der Waals surface area contributed by atoms with Gasteiger partial charge in [-0.2, -0.15) is 5.26 Å². The number of nitriles is 1. The first-order valence-electron chi connectivity index (χ1n) is 7.33. The number of fused-ring (bicyclic) bond motifs is 1. The standard InChI is InChI=1S/C17H19N3O/c18-8-7-16(20-11-9-19-10-12-20)14-5-6-17(21)15-4-2-1-3-13(14)15/h1-6,16,19,21H,7,9-12H2/t16-/m1/s1. The van der Waals surface area contributed by atoms with Crippen LogP contribution in [-0.2, 0) is 0 Å². The minimum Gasteiger partial charge on any atom is -0.507 e. The Morgan fingerprint density at radius 3 is 2.57 bits per heavy atom. The van der Waals surface area contributed by atoms with E-state index < -0.39 is 0 Å².